The van der Waals surface area contributed by atoms with Gasteiger partial charge in [-0.3, -0.25) is 14.9 Å². The third-order valence-electron chi connectivity index (χ3n) is 3.00. The number of nitro groups is 1. The van der Waals surface area contributed by atoms with Crippen molar-refractivity contribution in [2.24, 2.45) is 0 Å². The number of carbonyl (C=O) groups is 1. The minimum atomic E-state index is -0.452. The van der Waals surface area contributed by atoms with Gasteiger partial charge in [0.25, 0.3) is 5.69 Å². The molecule has 22 heavy (non-hydrogen) atoms. The lowest BCUT2D eigenvalue weighted by molar-refractivity contribution is -0.385. The van der Waals surface area contributed by atoms with E-state index in [0.29, 0.717) is 18.1 Å². The minimum Gasteiger partial charge on any atom is -0.366 e. The first-order valence-corrected chi connectivity index (χ1v) is 6.68. The van der Waals surface area contributed by atoms with E-state index in [1.165, 1.54) is 13.0 Å². The zero-order valence-corrected chi connectivity index (χ0v) is 12.3. The number of pyridine rings is 1. The van der Waals surface area contributed by atoms with Crippen molar-refractivity contribution in [2.75, 3.05) is 10.6 Å². The number of benzene rings is 1. The third kappa shape index (κ3) is 4.02. The van der Waals surface area contributed by atoms with Gasteiger partial charge in [-0.2, -0.15) is 0 Å². The van der Waals surface area contributed by atoms with Crippen molar-refractivity contribution in [1.82, 2.24) is 4.98 Å². The van der Waals surface area contributed by atoms with E-state index in [4.69, 9.17) is 0 Å². The van der Waals surface area contributed by atoms with Crippen LogP contribution in [0.25, 0.3) is 0 Å². The van der Waals surface area contributed by atoms with Gasteiger partial charge < -0.3 is 10.6 Å². The number of nitrogens with zero attached hydrogens (tertiary/aromatic N) is 2. The van der Waals surface area contributed by atoms with Crippen LogP contribution < -0.4 is 10.6 Å². The summed E-state index contributed by atoms with van der Waals surface area (Å²) in [5, 5.41) is 16.5. The Morgan fingerprint density at radius 2 is 1.91 bits per heavy atom. The van der Waals surface area contributed by atoms with Crippen molar-refractivity contribution >= 4 is 23.1 Å². The van der Waals surface area contributed by atoms with E-state index in [0.717, 1.165) is 11.3 Å². The molecule has 2 aromatic rings. The second kappa shape index (κ2) is 6.66. The van der Waals surface area contributed by atoms with Crippen molar-refractivity contribution in [3.63, 3.8) is 0 Å². The van der Waals surface area contributed by atoms with Gasteiger partial charge in [-0.15, -0.1) is 0 Å². The topological polar surface area (TPSA) is 97.2 Å². The van der Waals surface area contributed by atoms with E-state index in [-0.39, 0.29) is 11.6 Å². The summed E-state index contributed by atoms with van der Waals surface area (Å²) in [6, 6.07) is 10.4. The van der Waals surface area contributed by atoms with Crippen molar-refractivity contribution in [3.05, 3.63) is 57.8 Å². The normalized spacial score (nSPS) is 10.1. The molecule has 1 aromatic heterocycles. The first-order chi connectivity index (χ1) is 10.5. The van der Waals surface area contributed by atoms with Crippen LogP contribution in [0.4, 0.5) is 17.2 Å². The summed E-state index contributed by atoms with van der Waals surface area (Å²) >= 11 is 0. The van der Waals surface area contributed by atoms with Crippen LogP contribution in [-0.2, 0) is 11.3 Å². The Bertz CT molecular complexity index is 698. The van der Waals surface area contributed by atoms with Crippen LogP contribution in [0.5, 0.6) is 0 Å². The molecular weight excluding hydrogens is 284 g/mol. The molecule has 0 saturated carbocycles. The molecule has 1 amide bonds. The average molecular weight is 300 g/mol. The van der Waals surface area contributed by atoms with Gasteiger partial charge in [0.05, 0.1) is 4.92 Å². The maximum Gasteiger partial charge on any atom is 0.290 e. The molecule has 0 aliphatic rings. The summed E-state index contributed by atoms with van der Waals surface area (Å²) in [4.78, 5) is 25.4. The Morgan fingerprint density at radius 1 is 1.23 bits per heavy atom. The fraction of sp³-hybridized carbons (Fsp3) is 0.200. The molecule has 0 unspecified atom stereocenters. The highest BCUT2D eigenvalue weighted by Crippen LogP contribution is 2.18. The number of rotatable bonds is 5. The van der Waals surface area contributed by atoms with E-state index in [9.17, 15) is 14.9 Å². The van der Waals surface area contributed by atoms with E-state index < -0.39 is 4.92 Å². The molecule has 0 radical (unpaired) electrons. The van der Waals surface area contributed by atoms with Crippen LogP contribution in [0.15, 0.2) is 36.4 Å². The largest absolute Gasteiger partial charge is 0.366 e. The molecular formula is C15H16N4O3. The number of amides is 1. The lowest BCUT2D eigenvalue weighted by atomic mass is 10.2. The molecule has 0 spiro atoms. The Balaban J connectivity index is 1.99. The van der Waals surface area contributed by atoms with Crippen LogP contribution >= 0.6 is 0 Å². The van der Waals surface area contributed by atoms with Crippen molar-refractivity contribution in [1.29, 1.82) is 0 Å². The number of aryl methyl sites for hydroxylation is 1. The molecule has 2 rings (SSSR count). The zero-order valence-electron chi connectivity index (χ0n) is 12.3. The van der Waals surface area contributed by atoms with Gasteiger partial charge in [0.15, 0.2) is 0 Å². The summed E-state index contributed by atoms with van der Waals surface area (Å²) in [6.07, 6.45) is 0. The summed E-state index contributed by atoms with van der Waals surface area (Å²) < 4.78 is 0. The van der Waals surface area contributed by atoms with Gasteiger partial charge in [0.1, 0.15) is 11.5 Å². The van der Waals surface area contributed by atoms with Gasteiger partial charge in [-0.05, 0) is 30.7 Å². The molecule has 0 fully saturated rings. The smallest absolute Gasteiger partial charge is 0.290 e. The molecule has 1 aromatic carbocycles. The van der Waals surface area contributed by atoms with Gasteiger partial charge >= 0.3 is 0 Å². The first-order valence-electron chi connectivity index (χ1n) is 6.68. The number of anilines is 2. The van der Waals surface area contributed by atoms with E-state index >= 15 is 0 Å². The molecule has 1 heterocycles. The maximum absolute atomic E-state index is 10.9. The highest BCUT2D eigenvalue weighted by Gasteiger charge is 2.11. The lowest BCUT2D eigenvalue weighted by Gasteiger charge is -2.08. The highest BCUT2D eigenvalue weighted by molar-refractivity contribution is 5.88. The second-order valence-electron chi connectivity index (χ2n) is 4.79. The maximum atomic E-state index is 10.9. The summed E-state index contributed by atoms with van der Waals surface area (Å²) in [5.41, 5.74) is 2.12. The Labute approximate surface area is 127 Å². The van der Waals surface area contributed by atoms with Gasteiger partial charge in [0, 0.05) is 25.2 Å². The average Bonchev–Trinajstić information content (AvgIpc) is 2.45. The van der Waals surface area contributed by atoms with E-state index in [1.54, 1.807) is 13.0 Å². The predicted molar refractivity (Wildman–Crippen MR) is 83.7 cm³/mol. The van der Waals surface area contributed by atoms with Crippen LogP contribution in [-0.4, -0.2) is 15.8 Å². The number of hydrogen-bond donors (Lipinski definition) is 2. The Kier molecular flexibility index (Phi) is 4.67. The quantitative estimate of drug-likeness (QED) is 0.653. The zero-order chi connectivity index (χ0) is 16.1. The van der Waals surface area contributed by atoms with E-state index in [2.05, 4.69) is 15.6 Å². The van der Waals surface area contributed by atoms with Crippen molar-refractivity contribution in [3.8, 4) is 0 Å². The standard InChI is InChI=1S/C15H16N4O3/c1-10-14(19(21)22)7-8-15(17-10)16-9-12-3-5-13(6-4-12)18-11(2)20/h3-8H,9H2,1-2H3,(H,16,17)(H,18,20). The molecule has 7 nitrogen and oxygen atoms in total. The Hall–Kier alpha value is -2.96. The van der Waals surface area contributed by atoms with Crippen molar-refractivity contribution in [2.45, 2.75) is 20.4 Å². The molecule has 0 aliphatic heterocycles. The molecule has 2 N–H and O–H groups in total. The lowest BCUT2D eigenvalue weighted by Crippen LogP contribution is -2.06. The molecule has 0 bridgehead atoms. The molecule has 0 aliphatic carbocycles. The third-order valence-corrected chi connectivity index (χ3v) is 3.00. The fourth-order valence-electron chi connectivity index (χ4n) is 1.95. The van der Waals surface area contributed by atoms with Crippen molar-refractivity contribution < 1.29 is 9.72 Å². The molecule has 114 valence electrons. The van der Waals surface area contributed by atoms with Gasteiger partial charge in [-0.1, -0.05) is 12.1 Å². The fourth-order valence-corrected chi connectivity index (χ4v) is 1.95. The first kappa shape index (κ1) is 15.4. The predicted octanol–water partition coefficient (Wildman–Crippen LogP) is 2.87. The minimum absolute atomic E-state index is 0.00482. The van der Waals surface area contributed by atoms with Gasteiger partial charge in [-0.25, -0.2) is 4.98 Å². The van der Waals surface area contributed by atoms with E-state index in [1.807, 2.05) is 24.3 Å². The summed E-state index contributed by atoms with van der Waals surface area (Å²) in [6.45, 7) is 3.59. The second-order valence-corrected chi connectivity index (χ2v) is 4.79. The Morgan fingerprint density at radius 3 is 2.45 bits per heavy atom. The highest BCUT2D eigenvalue weighted by atomic mass is 16.6. The SMILES string of the molecule is CC(=O)Nc1ccc(CNc2ccc([N+](=O)[O-])c(C)n2)cc1. The van der Waals surface area contributed by atoms with Crippen LogP contribution in [0.3, 0.4) is 0 Å². The monoisotopic (exact) mass is 300 g/mol. The molecule has 0 saturated heterocycles. The number of nitrogens with one attached hydrogen (secondary N) is 2. The van der Waals surface area contributed by atoms with Crippen LogP contribution in [0.1, 0.15) is 18.2 Å². The number of aromatic nitrogens is 1. The summed E-state index contributed by atoms with van der Waals surface area (Å²) in [5.74, 6) is 0.463. The van der Waals surface area contributed by atoms with Crippen LogP contribution in [0.2, 0.25) is 0 Å². The summed E-state index contributed by atoms with van der Waals surface area (Å²) in [7, 11) is 0. The molecule has 7 heteroatoms. The number of carbonyl (C=O) groups excluding carboxylic acids is 1. The van der Waals surface area contributed by atoms with Gasteiger partial charge in [0.2, 0.25) is 5.91 Å². The molecule has 0 atom stereocenters. The van der Waals surface area contributed by atoms with Crippen LogP contribution in [0, 0.1) is 17.0 Å². The number of hydrogen-bond acceptors (Lipinski definition) is 5.